The van der Waals surface area contributed by atoms with Gasteiger partial charge in [-0.05, 0) is 51.4 Å². The number of carbonyl (C=O) groups excluding carboxylic acids is 2. The second-order valence-corrected chi connectivity index (χ2v) is 7.33. The monoisotopic (exact) mass is 265 g/mol. The molecule has 0 aromatic rings. The zero-order chi connectivity index (χ0) is 13.8. The molecule has 4 rings (SSSR count). The number of fused-ring (bicyclic) bond motifs is 2. The highest BCUT2D eigenvalue weighted by Crippen LogP contribution is 2.50. The number of hydrogen-bond acceptors (Lipinski definition) is 3. The van der Waals surface area contributed by atoms with Crippen molar-refractivity contribution in [2.75, 3.05) is 13.1 Å². The second kappa shape index (κ2) is 4.22. The molecule has 4 fully saturated rings. The minimum Gasteiger partial charge on any atom is -0.444 e. The normalized spacial score (nSPS) is 37.4. The first-order chi connectivity index (χ1) is 8.85. The molecular weight excluding hydrogens is 242 g/mol. The molecule has 4 nitrogen and oxygen atoms in total. The van der Waals surface area contributed by atoms with Crippen molar-refractivity contribution in [3.05, 3.63) is 0 Å². The number of carbonyl (C=O) groups is 2. The van der Waals surface area contributed by atoms with Crippen LogP contribution in [-0.4, -0.2) is 35.5 Å². The van der Waals surface area contributed by atoms with Crippen molar-refractivity contribution in [1.29, 1.82) is 0 Å². The van der Waals surface area contributed by atoms with E-state index in [1.807, 2.05) is 25.7 Å². The van der Waals surface area contributed by atoms with Crippen molar-refractivity contribution >= 4 is 11.9 Å². The first-order valence-electron chi connectivity index (χ1n) is 7.36. The van der Waals surface area contributed by atoms with Crippen LogP contribution >= 0.6 is 0 Å². The van der Waals surface area contributed by atoms with E-state index in [4.69, 9.17) is 4.74 Å². The number of likely N-dealkylation sites (tertiary alicyclic amines) is 1. The van der Waals surface area contributed by atoms with Crippen molar-refractivity contribution in [2.45, 2.75) is 45.6 Å². The molecule has 0 aromatic heterocycles. The van der Waals surface area contributed by atoms with Gasteiger partial charge in [-0.3, -0.25) is 4.79 Å². The Balaban J connectivity index is 1.70. The lowest BCUT2D eigenvalue weighted by Crippen LogP contribution is -2.44. The Kier molecular flexibility index (Phi) is 2.88. The van der Waals surface area contributed by atoms with Crippen molar-refractivity contribution in [3.63, 3.8) is 0 Å². The Morgan fingerprint density at radius 3 is 2.53 bits per heavy atom. The maximum atomic E-state index is 12.1. The molecule has 0 spiro atoms. The number of rotatable bonds is 0. The average Bonchev–Trinajstić information content (AvgIpc) is 2.73. The summed E-state index contributed by atoms with van der Waals surface area (Å²) < 4.78 is 5.45. The third-order valence-corrected chi connectivity index (χ3v) is 4.91. The molecule has 2 bridgehead atoms. The van der Waals surface area contributed by atoms with E-state index >= 15 is 0 Å². The molecule has 19 heavy (non-hydrogen) atoms. The summed E-state index contributed by atoms with van der Waals surface area (Å²) in [4.78, 5) is 25.9. The van der Waals surface area contributed by atoms with Gasteiger partial charge in [0.15, 0.2) is 0 Å². The number of nitrogens with zero attached hydrogens (tertiary/aromatic N) is 1. The lowest BCUT2D eigenvalue weighted by molar-refractivity contribution is -0.134. The van der Waals surface area contributed by atoms with E-state index in [-0.39, 0.29) is 12.0 Å². The lowest BCUT2D eigenvalue weighted by atomic mass is 9.59. The quantitative estimate of drug-likeness (QED) is 0.676. The van der Waals surface area contributed by atoms with Crippen LogP contribution in [0.2, 0.25) is 0 Å². The van der Waals surface area contributed by atoms with Crippen LogP contribution in [0.3, 0.4) is 0 Å². The smallest absolute Gasteiger partial charge is 0.410 e. The van der Waals surface area contributed by atoms with Crippen molar-refractivity contribution in [1.82, 2.24) is 4.90 Å². The third kappa shape index (κ3) is 2.26. The van der Waals surface area contributed by atoms with E-state index in [9.17, 15) is 9.59 Å². The van der Waals surface area contributed by atoms with Gasteiger partial charge < -0.3 is 9.64 Å². The van der Waals surface area contributed by atoms with Gasteiger partial charge in [0.05, 0.1) is 0 Å². The largest absolute Gasteiger partial charge is 0.444 e. The second-order valence-electron chi connectivity index (χ2n) is 7.33. The highest BCUT2D eigenvalue weighted by molar-refractivity contribution is 5.83. The summed E-state index contributed by atoms with van der Waals surface area (Å²) in [5, 5.41) is 0. The minimum absolute atomic E-state index is 0.211. The SMILES string of the molecule is CC(C)(C)OC(=O)N1CC2C3CCC(C(=O)C3)C2C1. The van der Waals surface area contributed by atoms with Gasteiger partial charge in [0, 0.05) is 25.4 Å². The molecular formula is C15H23NO3. The van der Waals surface area contributed by atoms with Crippen molar-refractivity contribution in [3.8, 4) is 0 Å². The van der Waals surface area contributed by atoms with Gasteiger partial charge in [-0.1, -0.05) is 0 Å². The van der Waals surface area contributed by atoms with Crippen LogP contribution in [0, 0.1) is 23.7 Å². The van der Waals surface area contributed by atoms with Crippen LogP contribution in [0.25, 0.3) is 0 Å². The van der Waals surface area contributed by atoms with Gasteiger partial charge in [-0.25, -0.2) is 4.79 Å². The Labute approximate surface area is 114 Å². The van der Waals surface area contributed by atoms with Gasteiger partial charge in [0.25, 0.3) is 0 Å². The van der Waals surface area contributed by atoms with E-state index in [1.165, 1.54) is 6.42 Å². The first kappa shape index (κ1) is 12.9. The van der Waals surface area contributed by atoms with E-state index in [1.54, 1.807) is 0 Å². The third-order valence-electron chi connectivity index (χ3n) is 4.91. The number of ether oxygens (including phenoxy) is 1. The summed E-state index contributed by atoms with van der Waals surface area (Å²) in [5.74, 6) is 2.08. The standard InChI is InChI=1S/C15H23NO3/c1-15(2,3)19-14(18)16-7-11-9-4-5-10(12(11)8-16)13(17)6-9/h9-12H,4-8H2,1-3H3. The number of ketones is 1. The van der Waals surface area contributed by atoms with Gasteiger partial charge in [0.2, 0.25) is 0 Å². The Bertz CT molecular complexity index is 412. The van der Waals surface area contributed by atoms with Crippen LogP contribution < -0.4 is 0 Å². The number of hydrogen-bond donors (Lipinski definition) is 0. The van der Waals surface area contributed by atoms with Crippen molar-refractivity contribution < 1.29 is 14.3 Å². The summed E-state index contributed by atoms with van der Waals surface area (Å²) in [6.07, 6.45) is 2.73. The zero-order valence-electron chi connectivity index (χ0n) is 12.0. The molecule has 0 N–H and O–H groups in total. The fourth-order valence-corrected chi connectivity index (χ4v) is 4.14. The predicted octanol–water partition coefficient (Wildman–Crippen LogP) is 2.47. The van der Waals surface area contributed by atoms with Crippen LogP contribution in [-0.2, 0) is 9.53 Å². The molecule has 3 aliphatic carbocycles. The van der Waals surface area contributed by atoms with Gasteiger partial charge >= 0.3 is 6.09 Å². The molecule has 4 atom stereocenters. The topological polar surface area (TPSA) is 46.6 Å². The Morgan fingerprint density at radius 1 is 1.21 bits per heavy atom. The maximum absolute atomic E-state index is 12.1. The molecule has 4 aliphatic rings. The summed E-state index contributed by atoms with van der Waals surface area (Å²) in [7, 11) is 0. The summed E-state index contributed by atoms with van der Waals surface area (Å²) in [6, 6.07) is 0. The molecule has 1 amide bonds. The summed E-state index contributed by atoms with van der Waals surface area (Å²) in [5.41, 5.74) is -0.445. The number of Topliss-reactive ketones (excluding diaryl/α,β-unsaturated/α-hetero) is 1. The van der Waals surface area contributed by atoms with E-state index in [0.717, 1.165) is 19.4 Å². The molecule has 1 saturated heterocycles. The molecule has 1 heterocycles. The van der Waals surface area contributed by atoms with E-state index in [0.29, 0.717) is 30.1 Å². The molecule has 106 valence electrons. The molecule has 0 radical (unpaired) electrons. The van der Waals surface area contributed by atoms with Gasteiger partial charge in [-0.15, -0.1) is 0 Å². The molecule has 0 aromatic carbocycles. The van der Waals surface area contributed by atoms with E-state index in [2.05, 4.69) is 0 Å². The fraction of sp³-hybridized carbons (Fsp3) is 0.867. The average molecular weight is 265 g/mol. The van der Waals surface area contributed by atoms with Gasteiger partial charge in [-0.2, -0.15) is 0 Å². The van der Waals surface area contributed by atoms with Crippen LogP contribution in [0.5, 0.6) is 0 Å². The molecule has 1 aliphatic heterocycles. The lowest BCUT2D eigenvalue weighted by Gasteiger charge is -2.43. The molecule has 4 unspecified atom stereocenters. The summed E-state index contributed by atoms with van der Waals surface area (Å²) in [6.45, 7) is 7.17. The molecule has 4 heteroatoms. The van der Waals surface area contributed by atoms with E-state index < -0.39 is 5.60 Å². The summed E-state index contributed by atoms with van der Waals surface area (Å²) >= 11 is 0. The fourth-order valence-electron chi connectivity index (χ4n) is 4.14. The maximum Gasteiger partial charge on any atom is 0.410 e. The highest BCUT2D eigenvalue weighted by Gasteiger charge is 2.53. The predicted molar refractivity (Wildman–Crippen MR) is 70.6 cm³/mol. The number of amides is 1. The van der Waals surface area contributed by atoms with Crippen LogP contribution in [0.15, 0.2) is 0 Å². The molecule has 3 saturated carbocycles. The first-order valence-corrected chi connectivity index (χ1v) is 7.36. The zero-order valence-corrected chi connectivity index (χ0v) is 12.0. The Morgan fingerprint density at radius 2 is 1.89 bits per heavy atom. The Hall–Kier alpha value is -1.06. The van der Waals surface area contributed by atoms with Gasteiger partial charge in [0.1, 0.15) is 11.4 Å². The minimum atomic E-state index is -0.445. The van der Waals surface area contributed by atoms with Crippen LogP contribution in [0.4, 0.5) is 4.79 Å². The van der Waals surface area contributed by atoms with Crippen LogP contribution in [0.1, 0.15) is 40.0 Å². The van der Waals surface area contributed by atoms with Crippen molar-refractivity contribution in [2.24, 2.45) is 23.7 Å². The highest BCUT2D eigenvalue weighted by atomic mass is 16.6.